The molecular formula is C17H13FO3. The van der Waals surface area contributed by atoms with E-state index in [0.717, 1.165) is 0 Å². The maximum absolute atomic E-state index is 13.1. The van der Waals surface area contributed by atoms with Gasteiger partial charge in [-0.2, -0.15) is 0 Å². The zero-order valence-corrected chi connectivity index (χ0v) is 11.2. The Morgan fingerprint density at radius 3 is 2.67 bits per heavy atom. The van der Waals surface area contributed by atoms with E-state index < -0.39 is 0 Å². The van der Waals surface area contributed by atoms with E-state index in [4.69, 9.17) is 9.47 Å². The minimum Gasteiger partial charge on any atom is -0.486 e. The highest BCUT2D eigenvalue weighted by atomic mass is 19.1. The molecule has 0 aliphatic carbocycles. The SMILES string of the molecule is O=C(/C=C/c1cccc(F)c1)c1ccc2c(c1)OCCO2. The third kappa shape index (κ3) is 3.11. The van der Waals surface area contributed by atoms with Gasteiger partial charge >= 0.3 is 0 Å². The quantitative estimate of drug-likeness (QED) is 0.639. The Labute approximate surface area is 121 Å². The Bertz CT molecular complexity index is 707. The molecule has 0 bridgehead atoms. The van der Waals surface area contributed by atoms with Gasteiger partial charge in [-0.25, -0.2) is 4.39 Å². The second-order valence-corrected chi connectivity index (χ2v) is 4.61. The van der Waals surface area contributed by atoms with Gasteiger partial charge in [0.1, 0.15) is 19.0 Å². The molecule has 0 amide bonds. The van der Waals surface area contributed by atoms with Gasteiger partial charge in [-0.3, -0.25) is 4.79 Å². The van der Waals surface area contributed by atoms with E-state index in [0.29, 0.717) is 35.8 Å². The summed E-state index contributed by atoms with van der Waals surface area (Å²) in [7, 11) is 0. The lowest BCUT2D eigenvalue weighted by molar-refractivity contribution is 0.104. The van der Waals surface area contributed by atoms with Crippen LogP contribution in [0.3, 0.4) is 0 Å². The molecule has 0 spiro atoms. The van der Waals surface area contributed by atoms with Gasteiger partial charge in [0.25, 0.3) is 0 Å². The molecule has 3 rings (SSSR count). The van der Waals surface area contributed by atoms with Crippen molar-refractivity contribution in [2.24, 2.45) is 0 Å². The molecule has 0 N–H and O–H groups in total. The van der Waals surface area contributed by atoms with Crippen molar-refractivity contribution in [2.75, 3.05) is 13.2 Å². The van der Waals surface area contributed by atoms with E-state index in [1.165, 1.54) is 18.2 Å². The van der Waals surface area contributed by atoms with Crippen molar-refractivity contribution in [2.45, 2.75) is 0 Å². The highest BCUT2D eigenvalue weighted by Crippen LogP contribution is 2.30. The number of ketones is 1. The van der Waals surface area contributed by atoms with Crippen LogP contribution in [0.4, 0.5) is 4.39 Å². The summed E-state index contributed by atoms with van der Waals surface area (Å²) in [5, 5.41) is 0. The Hall–Kier alpha value is -2.62. The van der Waals surface area contributed by atoms with Gasteiger partial charge < -0.3 is 9.47 Å². The van der Waals surface area contributed by atoms with Crippen molar-refractivity contribution in [1.82, 2.24) is 0 Å². The van der Waals surface area contributed by atoms with Crippen LogP contribution in [0.25, 0.3) is 6.08 Å². The number of halogens is 1. The van der Waals surface area contributed by atoms with E-state index in [9.17, 15) is 9.18 Å². The topological polar surface area (TPSA) is 35.5 Å². The van der Waals surface area contributed by atoms with Crippen LogP contribution in [0.2, 0.25) is 0 Å². The molecule has 0 radical (unpaired) electrons. The monoisotopic (exact) mass is 284 g/mol. The number of carbonyl (C=O) groups excluding carboxylic acids is 1. The predicted octanol–water partition coefficient (Wildman–Crippen LogP) is 3.49. The fourth-order valence-corrected chi connectivity index (χ4v) is 2.08. The van der Waals surface area contributed by atoms with Crippen molar-refractivity contribution in [3.8, 4) is 11.5 Å². The number of ether oxygens (including phenoxy) is 2. The summed E-state index contributed by atoms with van der Waals surface area (Å²) in [6.07, 6.45) is 3.00. The van der Waals surface area contributed by atoms with Crippen molar-refractivity contribution >= 4 is 11.9 Å². The second-order valence-electron chi connectivity index (χ2n) is 4.61. The third-order valence-corrected chi connectivity index (χ3v) is 3.10. The van der Waals surface area contributed by atoms with Crippen LogP contribution in [0, 0.1) is 5.82 Å². The van der Waals surface area contributed by atoms with E-state index in [1.807, 2.05) is 0 Å². The zero-order valence-electron chi connectivity index (χ0n) is 11.2. The number of fused-ring (bicyclic) bond motifs is 1. The summed E-state index contributed by atoms with van der Waals surface area (Å²) < 4.78 is 23.9. The van der Waals surface area contributed by atoms with Crippen LogP contribution in [0.15, 0.2) is 48.5 Å². The maximum Gasteiger partial charge on any atom is 0.185 e. The van der Waals surface area contributed by atoms with Gasteiger partial charge in [-0.15, -0.1) is 0 Å². The molecule has 2 aromatic carbocycles. The van der Waals surface area contributed by atoms with Crippen LogP contribution < -0.4 is 9.47 Å². The minimum atomic E-state index is -0.330. The van der Waals surface area contributed by atoms with Crippen molar-refractivity contribution < 1.29 is 18.7 Å². The van der Waals surface area contributed by atoms with Gasteiger partial charge in [0.2, 0.25) is 0 Å². The van der Waals surface area contributed by atoms with Gasteiger partial charge in [0.05, 0.1) is 0 Å². The van der Waals surface area contributed by atoms with Gasteiger partial charge in [0, 0.05) is 5.56 Å². The Morgan fingerprint density at radius 1 is 1.05 bits per heavy atom. The standard InChI is InChI=1S/C17H13FO3/c18-14-3-1-2-12(10-14)4-6-15(19)13-5-7-16-17(11-13)21-9-8-20-16/h1-7,10-11H,8-9H2/b6-4+. The van der Waals surface area contributed by atoms with Crippen LogP contribution >= 0.6 is 0 Å². The summed E-state index contributed by atoms with van der Waals surface area (Å²) >= 11 is 0. The van der Waals surface area contributed by atoms with E-state index in [1.54, 1.807) is 36.4 Å². The third-order valence-electron chi connectivity index (χ3n) is 3.10. The summed E-state index contributed by atoms with van der Waals surface area (Å²) in [5.74, 6) is 0.721. The Morgan fingerprint density at radius 2 is 1.86 bits per heavy atom. The lowest BCUT2D eigenvalue weighted by atomic mass is 10.1. The molecule has 0 atom stereocenters. The largest absolute Gasteiger partial charge is 0.486 e. The Balaban J connectivity index is 1.79. The molecule has 0 saturated carbocycles. The number of rotatable bonds is 3. The molecule has 21 heavy (non-hydrogen) atoms. The minimum absolute atomic E-state index is 0.170. The number of allylic oxidation sites excluding steroid dienone is 1. The summed E-state index contributed by atoms with van der Waals surface area (Å²) in [6, 6.07) is 11.1. The first-order valence-electron chi connectivity index (χ1n) is 6.60. The number of carbonyl (C=O) groups is 1. The average molecular weight is 284 g/mol. The van der Waals surface area contributed by atoms with Gasteiger partial charge in [0.15, 0.2) is 17.3 Å². The van der Waals surface area contributed by atoms with Gasteiger partial charge in [-0.1, -0.05) is 18.2 Å². The molecule has 0 fully saturated rings. The Kier molecular flexibility index (Phi) is 3.69. The van der Waals surface area contributed by atoms with E-state index >= 15 is 0 Å². The highest BCUT2D eigenvalue weighted by Gasteiger charge is 2.13. The molecule has 1 aliphatic heterocycles. The number of benzene rings is 2. The van der Waals surface area contributed by atoms with E-state index in [-0.39, 0.29) is 11.6 Å². The molecule has 0 unspecified atom stereocenters. The number of hydrogen-bond acceptors (Lipinski definition) is 3. The van der Waals surface area contributed by atoms with Crippen LogP contribution in [0.5, 0.6) is 11.5 Å². The summed E-state index contributed by atoms with van der Waals surface area (Å²) in [4.78, 5) is 12.1. The summed E-state index contributed by atoms with van der Waals surface area (Å²) in [6.45, 7) is 0.990. The maximum atomic E-state index is 13.1. The predicted molar refractivity (Wildman–Crippen MR) is 77.2 cm³/mol. The molecule has 1 heterocycles. The first-order valence-corrected chi connectivity index (χ1v) is 6.60. The smallest absolute Gasteiger partial charge is 0.185 e. The molecule has 3 nitrogen and oxygen atoms in total. The summed E-state index contributed by atoms with van der Waals surface area (Å²) in [5.41, 5.74) is 1.15. The fourth-order valence-electron chi connectivity index (χ4n) is 2.08. The van der Waals surface area contributed by atoms with Gasteiger partial charge in [-0.05, 0) is 42.0 Å². The second kappa shape index (κ2) is 5.79. The molecule has 2 aromatic rings. The fraction of sp³-hybridized carbons (Fsp3) is 0.118. The molecule has 0 saturated heterocycles. The number of hydrogen-bond donors (Lipinski definition) is 0. The average Bonchev–Trinajstić information content (AvgIpc) is 2.52. The lowest BCUT2D eigenvalue weighted by Gasteiger charge is -2.18. The molecule has 106 valence electrons. The highest BCUT2D eigenvalue weighted by molar-refractivity contribution is 6.07. The van der Waals surface area contributed by atoms with Crippen LogP contribution in [0.1, 0.15) is 15.9 Å². The molecule has 0 aromatic heterocycles. The van der Waals surface area contributed by atoms with Crippen molar-refractivity contribution in [1.29, 1.82) is 0 Å². The first-order chi connectivity index (χ1) is 10.2. The van der Waals surface area contributed by atoms with Crippen LogP contribution in [-0.2, 0) is 0 Å². The molecule has 4 heteroatoms. The normalized spacial score (nSPS) is 13.4. The first kappa shape index (κ1) is 13.4. The van der Waals surface area contributed by atoms with Crippen molar-refractivity contribution in [3.63, 3.8) is 0 Å². The van der Waals surface area contributed by atoms with E-state index in [2.05, 4.69) is 0 Å². The van der Waals surface area contributed by atoms with Crippen molar-refractivity contribution in [3.05, 3.63) is 65.5 Å². The molecular weight excluding hydrogens is 271 g/mol. The lowest BCUT2D eigenvalue weighted by Crippen LogP contribution is -2.15. The van der Waals surface area contributed by atoms with Crippen LogP contribution in [-0.4, -0.2) is 19.0 Å². The molecule has 1 aliphatic rings. The zero-order chi connectivity index (χ0) is 14.7.